The fraction of sp³-hybridized carbons (Fsp3) is 0.750. The van der Waals surface area contributed by atoms with Crippen molar-refractivity contribution in [3.63, 3.8) is 0 Å². The van der Waals surface area contributed by atoms with E-state index < -0.39 is 17.6 Å². The van der Waals surface area contributed by atoms with Crippen molar-refractivity contribution in [3.05, 3.63) is 12.2 Å². The molecule has 7 nitrogen and oxygen atoms in total. The molecule has 2 N–H and O–H groups in total. The molecule has 0 aliphatic carbocycles. The van der Waals surface area contributed by atoms with Gasteiger partial charge in [0.2, 0.25) is 0 Å². The van der Waals surface area contributed by atoms with E-state index in [1.807, 2.05) is 20.8 Å². The fourth-order valence-electron chi connectivity index (χ4n) is 1.54. The molecular formula is C12H21N3O4. The van der Waals surface area contributed by atoms with E-state index in [-0.39, 0.29) is 13.2 Å². The fourth-order valence-corrected chi connectivity index (χ4v) is 1.54. The van der Waals surface area contributed by atoms with E-state index in [1.165, 1.54) is 10.9 Å². The van der Waals surface area contributed by atoms with Crippen molar-refractivity contribution >= 4 is 5.97 Å². The maximum absolute atomic E-state index is 11.3. The molecule has 1 rings (SSSR count). The van der Waals surface area contributed by atoms with Crippen LogP contribution in [-0.4, -0.2) is 49.8 Å². The third kappa shape index (κ3) is 4.96. The van der Waals surface area contributed by atoms with Crippen molar-refractivity contribution in [1.82, 2.24) is 14.8 Å². The number of aromatic nitrogens is 3. The summed E-state index contributed by atoms with van der Waals surface area (Å²) in [6.45, 7) is 5.67. The van der Waals surface area contributed by atoms with Gasteiger partial charge in [0.15, 0.2) is 6.04 Å². The summed E-state index contributed by atoms with van der Waals surface area (Å²) >= 11 is 0. The van der Waals surface area contributed by atoms with Crippen LogP contribution in [0.25, 0.3) is 0 Å². The largest absolute Gasteiger partial charge is 0.480 e. The number of hydrogen-bond acceptors (Lipinski definition) is 5. The first-order valence-electron chi connectivity index (χ1n) is 6.21. The van der Waals surface area contributed by atoms with E-state index in [4.69, 9.17) is 9.84 Å². The molecule has 1 atom stereocenters. The molecule has 19 heavy (non-hydrogen) atoms. The number of carboxylic acid groups (broad SMARTS) is 1. The quantitative estimate of drug-likeness (QED) is 0.755. The minimum Gasteiger partial charge on any atom is -0.480 e. The lowest BCUT2D eigenvalue weighted by molar-refractivity contribution is -0.144. The van der Waals surface area contributed by atoms with Crippen molar-refractivity contribution < 1.29 is 19.7 Å². The standard InChI is InChI=1S/C12H21N3O4/c1-12(2,3)19-7-9(11(17)18)15-8-13-14-10(15)5-4-6-16/h8-9,16H,4-7H2,1-3H3,(H,17,18). The maximum Gasteiger partial charge on any atom is 0.329 e. The molecule has 7 heteroatoms. The molecule has 0 saturated carbocycles. The highest BCUT2D eigenvalue weighted by molar-refractivity contribution is 5.72. The second kappa shape index (κ2) is 6.63. The lowest BCUT2D eigenvalue weighted by Crippen LogP contribution is -2.30. The summed E-state index contributed by atoms with van der Waals surface area (Å²) in [7, 11) is 0. The average molecular weight is 271 g/mol. The third-order valence-corrected chi connectivity index (χ3v) is 2.50. The highest BCUT2D eigenvalue weighted by atomic mass is 16.5. The normalized spacial score (nSPS) is 13.5. The number of nitrogens with zero attached hydrogens (tertiary/aromatic N) is 3. The topological polar surface area (TPSA) is 97.5 Å². The molecule has 0 aliphatic rings. The van der Waals surface area contributed by atoms with Gasteiger partial charge in [0, 0.05) is 13.0 Å². The first kappa shape index (κ1) is 15.6. The van der Waals surface area contributed by atoms with Crippen LogP contribution in [0.2, 0.25) is 0 Å². The Morgan fingerprint density at radius 3 is 2.74 bits per heavy atom. The number of aliphatic carboxylic acids is 1. The van der Waals surface area contributed by atoms with Gasteiger partial charge in [-0.2, -0.15) is 0 Å². The van der Waals surface area contributed by atoms with Gasteiger partial charge in [0.25, 0.3) is 0 Å². The minimum absolute atomic E-state index is 0.0308. The summed E-state index contributed by atoms with van der Waals surface area (Å²) < 4.78 is 7.02. The van der Waals surface area contributed by atoms with Crippen molar-refractivity contribution in [2.45, 2.75) is 45.3 Å². The van der Waals surface area contributed by atoms with Gasteiger partial charge in [-0.15, -0.1) is 10.2 Å². The molecule has 0 fully saturated rings. The van der Waals surface area contributed by atoms with E-state index in [0.717, 1.165) is 0 Å². The Morgan fingerprint density at radius 2 is 2.21 bits per heavy atom. The molecule has 1 aromatic rings. The molecule has 0 spiro atoms. The number of rotatable bonds is 7. The van der Waals surface area contributed by atoms with Gasteiger partial charge < -0.3 is 19.5 Å². The van der Waals surface area contributed by atoms with Crippen LogP contribution >= 0.6 is 0 Å². The summed E-state index contributed by atoms with van der Waals surface area (Å²) in [5, 5.41) is 25.7. The zero-order chi connectivity index (χ0) is 14.5. The molecule has 0 amide bonds. The highest BCUT2D eigenvalue weighted by Gasteiger charge is 2.25. The molecule has 0 saturated heterocycles. The van der Waals surface area contributed by atoms with E-state index in [9.17, 15) is 9.90 Å². The van der Waals surface area contributed by atoms with Crippen LogP contribution < -0.4 is 0 Å². The van der Waals surface area contributed by atoms with E-state index in [1.54, 1.807) is 0 Å². The SMILES string of the molecule is CC(C)(C)OCC(C(=O)O)n1cnnc1CCCO. The number of carboxylic acids is 1. The lowest BCUT2D eigenvalue weighted by Gasteiger charge is -2.23. The number of aryl methyl sites for hydroxylation is 1. The van der Waals surface area contributed by atoms with Crippen molar-refractivity contribution in [3.8, 4) is 0 Å². The Morgan fingerprint density at radius 1 is 1.53 bits per heavy atom. The Kier molecular flexibility index (Phi) is 5.44. The molecular weight excluding hydrogens is 250 g/mol. The van der Waals surface area contributed by atoms with E-state index in [0.29, 0.717) is 18.7 Å². The van der Waals surface area contributed by atoms with Gasteiger partial charge in [-0.1, -0.05) is 0 Å². The van der Waals surface area contributed by atoms with Crippen molar-refractivity contribution in [2.75, 3.05) is 13.2 Å². The van der Waals surface area contributed by atoms with Gasteiger partial charge in [0.1, 0.15) is 12.2 Å². The molecule has 0 aliphatic heterocycles. The molecule has 108 valence electrons. The summed E-state index contributed by atoms with van der Waals surface area (Å²) in [5.74, 6) is -0.451. The zero-order valence-corrected chi connectivity index (χ0v) is 11.5. The molecule has 0 bridgehead atoms. The van der Waals surface area contributed by atoms with Crippen LogP contribution in [0.15, 0.2) is 6.33 Å². The maximum atomic E-state index is 11.3. The zero-order valence-electron chi connectivity index (χ0n) is 11.5. The number of aliphatic hydroxyl groups is 1. The summed E-state index contributed by atoms with van der Waals surface area (Å²) in [6, 6.07) is -0.858. The number of ether oxygens (including phenoxy) is 1. The average Bonchev–Trinajstić information content (AvgIpc) is 2.73. The third-order valence-electron chi connectivity index (χ3n) is 2.50. The minimum atomic E-state index is -0.991. The van der Waals surface area contributed by atoms with Gasteiger partial charge in [0.05, 0.1) is 12.2 Å². The second-order valence-corrected chi connectivity index (χ2v) is 5.26. The molecule has 0 radical (unpaired) electrons. The Bertz CT molecular complexity index is 411. The Hall–Kier alpha value is -1.47. The van der Waals surface area contributed by atoms with Gasteiger partial charge in [-0.25, -0.2) is 4.79 Å². The Balaban J connectivity index is 2.81. The summed E-state index contributed by atoms with van der Waals surface area (Å²) in [4.78, 5) is 11.3. The van der Waals surface area contributed by atoms with Crippen LogP contribution in [0.3, 0.4) is 0 Å². The van der Waals surface area contributed by atoms with Gasteiger partial charge in [-0.3, -0.25) is 0 Å². The molecule has 1 heterocycles. The number of carbonyl (C=O) groups is 1. The van der Waals surface area contributed by atoms with Crippen LogP contribution in [0.5, 0.6) is 0 Å². The number of hydrogen-bond donors (Lipinski definition) is 2. The molecule has 1 aromatic heterocycles. The Labute approximate surface area is 112 Å². The summed E-state index contributed by atoms with van der Waals surface area (Å²) in [6.07, 6.45) is 2.39. The second-order valence-electron chi connectivity index (χ2n) is 5.26. The van der Waals surface area contributed by atoms with Crippen LogP contribution in [-0.2, 0) is 16.0 Å². The monoisotopic (exact) mass is 271 g/mol. The first-order valence-corrected chi connectivity index (χ1v) is 6.21. The van der Waals surface area contributed by atoms with E-state index >= 15 is 0 Å². The van der Waals surface area contributed by atoms with Gasteiger partial charge >= 0.3 is 5.97 Å². The van der Waals surface area contributed by atoms with Crippen LogP contribution in [0, 0.1) is 0 Å². The van der Waals surface area contributed by atoms with Crippen LogP contribution in [0.1, 0.15) is 39.1 Å². The van der Waals surface area contributed by atoms with Crippen molar-refractivity contribution in [1.29, 1.82) is 0 Å². The molecule has 0 aromatic carbocycles. The first-order chi connectivity index (χ1) is 8.85. The highest BCUT2D eigenvalue weighted by Crippen LogP contribution is 2.15. The summed E-state index contributed by atoms with van der Waals surface area (Å²) in [5.41, 5.74) is -0.410. The lowest BCUT2D eigenvalue weighted by atomic mass is 10.2. The van der Waals surface area contributed by atoms with Crippen LogP contribution in [0.4, 0.5) is 0 Å². The smallest absolute Gasteiger partial charge is 0.329 e. The van der Waals surface area contributed by atoms with Crippen molar-refractivity contribution in [2.24, 2.45) is 0 Å². The number of aliphatic hydroxyl groups excluding tert-OH is 1. The predicted octanol–water partition coefficient (Wildman–Crippen LogP) is 0.644. The van der Waals surface area contributed by atoms with Gasteiger partial charge in [-0.05, 0) is 27.2 Å². The predicted molar refractivity (Wildman–Crippen MR) is 67.8 cm³/mol. The molecule has 1 unspecified atom stereocenters. The van der Waals surface area contributed by atoms with E-state index in [2.05, 4.69) is 10.2 Å².